The number of amides is 1. The van der Waals surface area contributed by atoms with Crippen LogP contribution < -0.4 is 5.32 Å². The van der Waals surface area contributed by atoms with Gasteiger partial charge in [-0.1, -0.05) is 22.5 Å². The van der Waals surface area contributed by atoms with Crippen molar-refractivity contribution in [2.75, 3.05) is 26.2 Å². The van der Waals surface area contributed by atoms with E-state index in [4.69, 9.17) is 4.74 Å². The first-order valence-electron chi connectivity index (χ1n) is 5.61. The number of rotatable bonds is 4. The second-order valence-electron chi connectivity index (χ2n) is 3.86. The van der Waals surface area contributed by atoms with E-state index in [1.807, 2.05) is 6.92 Å². The number of likely N-dealkylation sites (tertiary alicyclic amines) is 1. The molecule has 0 spiro atoms. The molecule has 1 amide bonds. The van der Waals surface area contributed by atoms with Gasteiger partial charge in [0.05, 0.1) is 6.61 Å². The Morgan fingerprint density at radius 2 is 2.19 bits per heavy atom. The summed E-state index contributed by atoms with van der Waals surface area (Å²) in [5.74, 6) is 0. The zero-order valence-electron chi connectivity index (χ0n) is 9.67. The van der Waals surface area contributed by atoms with Crippen LogP contribution in [0.2, 0.25) is 0 Å². The fraction of sp³-hybridized carbons (Fsp3) is 0.727. The Kier molecular flexibility index (Phi) is 5.84. The van der Waals surface area contributed by atoms with E-state index in [-0.39, 0.29) is 6.09 Å². The topological polar surface area (TPSA) is 41.6 Å². The van der Waals surface area contributed by atoms with Crippen LogP contribution in [0.4, 0.5) is 4.79 Å². The highest BCUT2D eigenvalue weighted by atomic mass is 79.9. The van der Waals surface area contributed by atoms with E-state index < -0.39 is 0 Å². The molecule has 1 saturated heterocycles. The van der Waals surface area contributed by atoms with Crippen LogP contribution in [0.15, 0.2) is 11.1 Å². The van der Waals surface area contributed by atoms with Crippen LogP contribution in [0.3, 0.4) is 0 Å². The fourth-order valence-corrected chi connectivity index (χ4v) is 1.90. The fourth-order valence-electron chi connectivity index (χ4n) is 1.74. The summed E-state index contributed by atoms with van der Waals surface area (Å²) in [7, 11) is 0. The van der Waals surface area contributed by atoms with Crippen molar-refractivity contribution in [3.8, 4) is 0 Å². The number of carbonyl (C=O) groups is 1. The number of halogens is 1. The second kappa shape index (κ2) is 6.91. The molecular weight excluding hydrogens is 272 g/mol. The third-order valence-electron chi connectivity index (χ3n) is 2.60. The molecule has 1 aliphatic rings. The first-order chi connectivity index (χ1) is 7.63. The molecule has 1 aliphatic heterocycles. The van der Waals surface area contributed by atoms with Crippen LogP contribution >= 0.6 is 15.9 Å². The van der Waals surface area contributed by atoms with E-state index >= 15 is 0 Å². The highest BCUT2D eigenvalue weighted by Gasteiger charge is 2.22. The average molecular weight is 291 g/mol. The predicted molar refractivity (Wildman–Crippen MR) is 67.7 cm³/mol. The summed E-state index contributed by atoms with van der Waals surface area (Å²) in [6.45, 7) is 8.37. The van der Waals surface area contributed by atoms with Crippen molar-refractivity contribution in [1.82, 2.24) is 10.2 Å². The van der Waals surface area contributed by atoms with Crippen LogP contribution in [-0.2, 0) is 4.74 Å². The van der Waals surface area contributed by atoms with Crippen molar-refractivity contribution in [1.29, 1.82) is 0 Å². The van der Waals surface area contributed by atoms with Crippen LogP contribution in [0, 0.1) is 0 Å². The van der Waals surface area contributed by atoms with E-state index in [2.05, 4.69) is 27.8 Å². The number of nitrogens with one attached hydrogen (secondary N) is 1. The van der Waals surface area contributed by atoms with Crippen molar-refractivity contribution in [3.63, 3.8) is 0 Å². The van der Waals surface area contributed by atoms with Gasteiger partial charge in [0.1, 0.15) is 0 Å². The summed E-state index contributed by atoms with van der Waals surface area (Å²) in [6, 6.07) is 0.472. The molecule has 1 N–H and O–H groups in total. The van der Waals surface area contributed by atoms with Gasteiger partial charge in [0.15, 0.2) is 0 Å². The molecule has 92 valence electrons. The van der Waals surface area contributed by atoms with Crippen molar-refractivity contribution in [2.45, 2.75) is 25.8 Å². The van der Waals surface area contributed by atoms with E-state index in [1.165, 1.54) is 0 Å². The molecule has 1 rings (SSSR count). The summed E-state index contributed by atoms with van der Waals surface area (Å²) in [5, 5.41) is 3.39. The lowest BCUT2D eigenvalue weighted by atomic mass is 10.1. The van der Waals surface area contributed by atoms with Gasteiger partial charge in [-0.3, -0.25) is 0 Å². The first-order valence-corrected chi connectivity index (χ1v) is 6.41. The lowest BCUT2D eigenvalue weighted by Crippen LogP contribution is -2.45. The van der Waals surface area contributed by atoms with Crippen LogP contribution in [0.1, 0.15) is 19.8 Å². The first kappa shape index (κ1) is 13.5. The quantitative estimate of drug-likeness (QED) is 0.862. The molecule has 16 heavy (non-hydrogen) atoms. The van der Waals surface area contributed by atoms with Crippen molar-refractivity contribution in [3.05, 3.63) is 11.1 Å². The van der Waals surface area contributed by atoms with Gasteiger partial charge in [0, 0.05) is 30.2 Å². The van der Waals surface area contributed by atoms with Crippen molar-refractivity contribution < 1.29 is 9.53 Å². The second-order valence-corrected chi connectivity index (χ2v) is 4.98. The standard InChI is InChI=1S/C11H19BrN2O2/c1-3-16-11(15)14-6-4-10(5-7-14)13-8-9(2)12/h10,13H,2-8H2,1H3. The molecule has 0 aromatic rings. The summed E-state index contributed by atoms with van der Waals surface area (Å²) in [5.41, 5.74) is 0. The number of piperidine rings is 1. The minimum Gasteiger partial charge on any atom is -0.450 e. The van der Waals surface area contributed by atoms with Gasteiger partial charge in [-0.05, 0) is 19.8 Å². The molecule has 0 saturated carbocycles. The Labute approximate surface area is 105 Å². The number of hydrogen-bond acceptors (Lipinski definition) is 3. The number of nitrogens with zero attached hydrogens (tertiary/aromatic N) is 1. The van der Waals surface area contributed by atoms with Gasteiger partial charge < -0.3 is 15.0 Å². The average Bonchev–Trinajstić information content (AvgIpc) is 2.27. The van der Waals surface area contributed by atoms with Crippen LogP contribution in [-0.4, -0.2) is 43.3 Å². The molecule has 5 heteroatoms. The Morgan fingerprint density at radius 3 is 2.69 bits per heavy atom. The smallest absolute Gasteiger partial charge is 0.409 e. The molecule has 0 unspecified atom stereocenters. The third-order valence-corrected chi connectivity index (χ3v) is 2.88. The Hall–Kier alpha value is -0.550. The maximum absolute atomic E-state index is 11.4. The van der Waals surface area contributed by atoms with Crippen molar-refractivity contribution >= 4 is 22.0 Å². The zero-order chi connectivity index (χ0) is 12.0. The summed E-state index contributed by atoms with van der Waals surface area (Å²) >= 11 is 3.32. The lowest BCUT2D eigenvalue weighted by Gasteiger charge is -2.31. The maximum atomic E-state index is 11.4. The number of carbonyl (C=O) groups excluding carboxylic acids is 1. The monoisotopic (exact) mass is 290 g/mol. The minimum absolute atomic E-state index is 0.189. The normalized spacial score (nSPS) is 17.2. The summed E-state index contributed by atoms with van der Waals surface area (Å²) in [4.78, 5) is 13.2. The van der Waals surface area contributed by atoms with Gasteiger partial charge in [0.25, 0.3) is 0 Å². The molecule has 0 aliphatic carbocycles. The summed E-state index contributed by atoms with van der Waals surface area (Å²) in [6.07, 6.45) is 1.75. The molecule has 1 heterocycles. The molecule has 0 atom stereocenters. The third kappa shape index (κ3) is 4.53. The van der Waals surface area contributed by atoms with E-state index in [9.17, 15) is 4.79 Å². The van der Waals surface area contributed by atoms with Gasteiger partial charge in [0.2, 0.25) is 0 Å². The number of ether oxygens (including phenoxy) is 1. The van der Waals surface area contributed by atoms with Crippen LogP contribution in [0.5, 0.6) is 0 Å². The Bertz CT molecular complexity index is 250. The zero-order valence-corrected chi connectivity index (χ0v) is 11.3. The lowest BCUT2D eigenvalue weighted by molar-refractivity contribution is 0.0954. The van der Waals surface area contributed by atoms with Crippen LogP contribution in [0.25, 0.3) is 0 Å². The highest BCUT2D eigenvalue weighted by molar-refractivity contribution is 9.11. The maximum Gasteiger partial charge on any atom is 0.409 e. The van der Waals surface area contributed by atoms with E-state index in [0.29, 0.717) is 12.6 Å². The van der Waals surface area contributed by atoms with Gasteiger partial charge in [-0.2, -0.15) is 0 Å². The number of hydrogen-bond donors (Lipinski definition) is 1. The molecule has 0 aromatic carbocycles. The Morgan fingerprint density at radius 1 is 1.56 bits per heavy atom. The largest absolute Gasteiger partial charge is 0.450 e. The van der Waals surface area contributed by atoms with Gasteiger partial charge in [-0.15, -0.1) is 0 Å². The SMILES string of the molecule is C=C(Br)CNC1CCN(C(=O)OCC)CC1. The van der Waals surface area contributed by atoms with Gasteiger partial charge >= 0.3 is 6.09 Å². The molecule has 0 bridgehead atoms. The molecular formula is C11H19BrN2O2. The molecule has 1 fully saturated rings. The van der Waals surface area contributed by atoms with Gasteiger partial charge in [-0.25, -0.2) is 4.79 Å². The summed E-state index contributed by atoms with van der Waals surface area (Å²) < 4.78 is 5.92. The predicted octanol–water partition coefficient (Wildman–Crippen LogP) is 2.11. The van der Waals surface area contributed by atoms with Crippen molar-refractivity contribution in [2.24, 2.45) is 0 Å². The van der Waals surface area contributed by atoms with E-state index in [1.54, 1.807) is 4.90 Å². The highest BCUT2D eigenvalue weighted by Crippen LogP contribution is 2.12. The molecule has 0 aromatic heterocycles. The molecule has 0 radical (unpaired) electrons. The minimum atomic E-state index is -0.189. The Balaban J connectivity index is 2.23. The van der Waals surface area contributed by atoms with E-state index in [0.717, 1.165) is 37.0 Å². The molecule has 4 nitrogen and oxygen atoms in total.